The van der Waals surface area contributed by atoms with Crippen LogP contribution in [-0.4, -0.2) is 27.5 Å². The minimum absolute atomic E-state index is 0.0334. The Morgan fingerprint density at radius 2 is 1.58 bits per heavy atom. The highest BCUT2D eigenvalue weighted by atomic mass is 16.1. The van der Waals surface area contributed by atoms with Crippen LogP contribution in [0.2, 0.25) is 0 Å². The van der Waals surface area contributed by atoms with E-state index in [2.05, 4.69) is 24.1 Å². The van der Waals surface area contributed by atoms with Gasteiger partial charge in [-0.1, -0.05) is 50.2 Å². The molecule has 0 spiro atoms. The number of pyridine rings is 2. The van der Waals surface area contributed by atoms with Gasteiger partial charge < -0.3 is 5.32 Å². The Morgan fingerprint density at radius 3 is 2.23 bits per heavy atom. The Balaban J connectivity index is 1.93. The van der Waals surface area contributed by atoms with Crippen LogP contribution in [-0.2, 0) is 6.54 Å². The molecule has 0 aliphatic carbocycles. The Labute approximate surface area is 183 Å². The first-order valence-electron chi connectivity index (χ1n) is 10.8. The molecule has 0 amide bonds. The van der Waals surface area contributed by atoms with Crippen LogP contribution in [0, 0.1) is 6.92 Å². The Hall–Kier alpha value is -3.44. The van der Waals surface area contributed by atoms with Crippen LogP contribution in [0.1, 0.15) is 25.1 Å². The summed E-state index contributed by atoms with van der Waals surface area (Å²) >= 11 is 0. The van der Waals surface area contributed by atoms with Gasteiger partial charge in [0.1, 0.15) is 11.5 Å². The van der Waals surface area contributed by atoms with E-state index in [1.54, 1.807) is 6.07 Å². The van der Waals surface area contributed by atoms with Crippen molar-refractivity contribution < 1.29 is 0 Å². The van der Waals surface area contributed by atoms with E-state index >= 15 is 0 Å². The van der Waals surface area contributed by atoms with Gasteiger partial charge in [0.25, 0.3) is 0 Å². The monoisotopic (exact) mass is 412 g/mol. The van der Waals surface area contributed by atoms with Crippen molar-refractivity contribution in [3.05, 3.63) is 94.3 Å². The highest BCUT2D eigenvalue weighted by Gasteiger charge is 2.16. The second kappa shape index (κ2) is 9.14. The number of hydrogen-bond acceptors (Lipinski definition) is 4. The third-order valence-corrected chi connectivity index (χ3v) is 5.63. The lowest BCUT2D eigenvalue weighted by molar-refractivity contribution is 0.295. The van der Waals surface area contributed by atoms with Crippen LogP contribution in [0.5, 0.6) is 0 Å². The molecule has 5 nitrogen and oxygen atoms in total. The van der Waals surface area contributed by atoms with E-state index in [-0.39, 0.29) is 5.43 Å². The summed E-state index contributed by atoms with van der Waals surface area (Å²) in [7, 11) is 0. The van der Waals surface area contributed by atoms with E-state index in [4.69, 9.17) is 4.98 Å². The number of nitrogens with zero attached hydrogens (tertiary/aromatic N) is 3. The van der Waals surface area contributed by atoms with Gasteiger partial charge in [-0.05, 0) is 55.9 Å². The van der Waals surface area contributed by atoms with E-state index in [1.807, 2.05) is 78.2 Å². The topological polar surface area (TPSA) is 50.2 Å². The lowest BCUT2D eigenvalue weighted by atomic mass is 10.1. The van der Waals surface area contributed by atoms with Gasteiger partial charge in [-0.15, -0.1) is 0 Å². The minimum Gasteiger partial charge on any atom is -0.341 e. The summed E-state index contributed by atoms with van der Waals surface area (Å²) in [5, 5.41) is 4.04. The average molecular weight is 413 g/mol. The predicted octanol–water partition coefficient (Wildman–Crippen LogP) is 5.28. The fraction of sp³-hybridized carbons (Fsp3) is 0.231. The van der Waals surface area contributed by atoms with E-state index in [9.17, 15) is 4.79 Å². The third kappa shape index (κ3) is 4.37. The van der Waals surface area contributed by atoms with Crippen molar-refractivity contribution in [3.63, 3.8) is 0 Å². The van der Waals surface area contributed by atoms with Gasteiger partial charge >= 0.3 is 0 Å². The number of benzene rings is 2. The summed E-state index contributed by atoms with van der Waals surface area (Å²) in [6.07, 6.45) is 0. The number of para-hydroxylation sites is 2. The van der Waals surface area contributed by atoms with E-state index in [0.717, 1.165) is 42.3 Å². The van der Waals surface area contributed by atoms with Gasteiger partial charge in [0.2, 0.25) is 0 Å². The molecule has 0 atom stereocenters. The summed E-state index contributed by atoms with van der Waals surface area (Å²) in [4.78, 5) is 20.4. The second-order valence-corrected chi connectivity index (χ2v) is 7.62. The summed E-state index contributed by atoms with van der Waals surface area (Å²) < 4.78 is 2.03. The highest BCUT2D eigenvalue weighted by molar-refractivity contribution is 5.81. The molecule has 2 aromatic heterocycles. The van der Waals surface area contributed by atoms with E-state index in [1.165, 1.54) is 0 Å². The summed E-state index contributed by atoms with van der Waals surface area (Å²) in [6.45, 7) is 9.03. The SMILES string of the molecule is CCN(CC)Cc1cc2c(=O)cc(Nc3ccccc3)n(-c3ccccc3)c2nc1C. The lowest BCUT2D eigenvalue weighted by Crippen LogP contribution is -2.23. The Morgan fingerprint density at radius 1 is 0.935 bits per heavy atom. The summed E-state index contributed by atoms with van der Waals surface area (Å²) in [6, 6.07) is 23.6. The lowest BCUT2D eigenvalue weighted by Gasteiger charge is -2.21. The number of nitrogens with one attached hydrogen (secondary N) is 1. The zero-order valence-corrected chi connectivity index (χ0v) is 18.3. The van der Waals surface area contributed by atoms with Crippen molar-refractivity contribution in [2.24, 2.45) is 0 Å². The maximum atomic E-state index is 13.2. The van der Waals surface area contributed by atoms with Gasteiger partial charge in [0, 0.05) is 29.7 Å². The van der Waals surface area contributed by atoms with Gasteiger partial charge in [-0.3, -0.25) is 14.3 Å². The summed E-state index contributed by atoms with van der Waals surface area (Å²) in [5.41, 5.74) is 4.54. The van der Waals surface area contributed by atoms with Crippen molar-refractivity contribution in [2.45, 2.75) is 27.3 Å². The molecule has 0 saturated heterocycles. The smallest absolute Gasteiger partial charge is 0.193 e. The molecule has 4 aromatic rings. The number of aryl methyl sites for hydroxylation is 1. The molecular formula is C26H28N4O. The first-order valence-corrected chi connectivity index (χ1v) is 10.8. The molecule has 0 aliphatic rings. The first kappa shape index (κ1) is 20.8. The minimum atomic E-state index is -0.0334. The molecule has 0 fully saturated rings. The fourth-order valence-corrected chi connectivity index (χ4v) is 3.81. The number of aromatic nitrogens is 2. The molecule has 1 N–H and O–H groups in total. The standard InChI is InChI=1S/C26H28N4O/c1-4-29(5-2)18-20-16-23-24(31)17-25(28-21-12-8-6-9-13-21)30(26(23)27-19(20)3)22-14-10-7-11-15-22/h6-17,28H,4-5,18H2,1-3H3. The van der Waals surface area contributed by atoms with Crippen molar-refractivity contribution in [1.82, 2.24) is 14.5 Å². The number of anilines is 2. The van der Waals surface area contributed by atoms with Crippen molar-refractivity contribution in [1.29, 1.82) is 0 Å². The van der Waals surface area contributed by atoms with Crippen LogP contribution < -0.4 is 10.7 Å². The van der Waals surface area contributed by atoms with Crippen LogP contribution in [0.4, 0.5) is 11.5 Å². The second-order valence-electron chi connectivity index (χ2n) is 7.62. The third-order valence-electron chi connectivity index (χ3n) is 5.63. The molecule has 5 heteroatoms. The zero-order valence-electron chi connectivity index (χ0n) is 18.3. The molecule has 0 saturated carbocycles. The Bertz CT molecular complexity index is 1230. The molecular weight excluding hydrogens is 384 g/mol. The summed E-state index contributed by atoms with van der Waals surface area (Å²) in [5.74, 6) is 0.693. The molecule has 31 heavy (non-hydrogen) atoms. The molecule has 0 aliphatic heterocycles. The van der Waals surface area contributed by atoms with Gasteiger partial charge in [-0.25, -0.2) is 4.98 Å². The number of hydrogen-bond donors (Lipinski definition) is 1. The molecule has 2 heterocycles. The highest BCUT2D eigenvalue weighted by Crippen LogP contribution is 2.25. The zero-order chi connectivity index (χ0) is 21.8. The molecule has 0 radical (unpaired) electrons. The van der Waals surface area contributed by atoms with Crippen LogP contribution in [0.3, 0.4) is 0 Å². The first-order chi connectivity index (χ1) is 15.1. The predicted molar refractivity (Wildman–Crippen MR) is 128 cm³/mol. The van der Waals surface area contributed by atoms with Crippen molar-refractivity contribution in [3.8, 4) is 5.69 Å². The molecule has 0 bridgehead atoms. The van der Waals surface area contributed by atoms with Crippen LogP contribution >= 0.6 is 0 Å². The van der Waals surface area contributed by atoms with Crippen molar-refractivity contribution in [2.75, 3.05) is 18.4 Å². The number of rotatable bonds is 7. The normalized spacial score (nSPS) is 11.2. The van der Waals surface area contributed by atoms with Gasteiger partial charge in [-0.2, -0.15) is 0 Å². The largest absolute Gasteiger partial charge is 0.341 e. The average Bonchev–Trinajstić information content (AvgIpc) is 2.79. The molecule has 4 rings (SSSR count). The quantitative estimate of drug-likeness (QED) is 0.449. The Kier molecular flexibility index (Phi) is 6.14. The molecule has 2 aromatic carbocycles. The van der Waals surface area contributed by atoms with E-state index in [0.29, 0.717) is 16.9 Å². The van der Waals surface area contributed by atoms with Crippen molar-refractivity contribution >= 4 is 22.5 Å². The molecule has 158 valence electrons. The van der Waals surface area contributed by atoms with E-state index < -0.39 is 0 Å². The number of fused-ring (bicyclic) bond motifs is 1. The fourth-order valence-electron chi connectivity index (χ4n) is 3.81. The maximum absolute atomic E-state index is 13.2. The van der Waals surface area contributed by atoms with Crippen LogP contribution in [0.25, 0.3) is 16.7 Å². The molecule has 0 unspecified atom stereocenters. The van der Waals surface area contributed by atoms with Crippen LogP contribution in [0.15, 0.2) is 77.6 Å². The van der Waals surface area contributed by atoms with Gasteiger partial charge in [0.15, 0.2) is 5.43 Å². The maximum Gasteiger partial charge on any atom is 0.193 e. The van der Waals surface area contributed by atoms with Gasteiger partial charge in [0.05, 0.1) is 5.39 Å².